The largest absolute Gasteiger partial charge is 0.0760 e. The van der Waals surface area contributed by atoms with Crippen molar-refractivity contribution in [2.24, 2.45) is 5.92 Å². The van der Waals surface area contributed by atoms with Crippen molar-refractivity contribution in [1.29, 1.82) is 0 Å². The fraction of sp³-hybridized carbons (Fsp3) is 1.00. The molecule has 2 fully saturated rings. The molecule has 0 aromatic carbocycles. The van der Waals surface area contributed by atoms with Crippen LogP contribution >= 0.6 is 7.26 Å². The summed E-state index contributed by atoms with van der Waals surface area (Å²) in [6.07, 6.45) is 9.23. The maximum absolute atomic E-state index is 2.60. The quantitative estimate of drug-likeness (QED) is 0.560. The molecule has 1 heteroatoms. The Hall–Kier alpha value is 0.430. The first-order valence-corrected chi connectivity index (χ1v) is 8.78. The van der Waals surface area contributed by atoms with E-state index in [1.807, 2.05) is 0 Å². The molecule has 0 aromatic heterocycles. The molecule has 13 heavy (non-hydrogen) atoms. The topological polar surface area (TPSA) is 0 Å². The summed E-state index contributed by atoms with van der Waals surface area (Å²) >= 11 is 0. The van der Waals surface area contributed by atoms with Gasteiger partial charge in [-0.3, -0.25) is 0 Å². The third kappa shape index (κ3) is 1.67. The summed E-state index contributed by atoms with van der Waals surface area (Å²) in [5, 5.41) is 0. The van der Waals surface area contributed by atoms with Crippen LogP contribution in [0.15, 0.2) is 0 Å². The van der Waals surface area contributed by atoms with Crippen molar-refractivity contribution < 1.29 is 0 Å². The van der Waals surface area contributed by atoms with Crippen LogP contribution in [0.3, 0.4) is 0 Å². The van der Waals surface area contributed by atoms with E-state index < -0.39 is 7.26 Å². The molecule has 1 saturated heterocycles. The van der Waals surface area contributed by atoms with Gasteiger partial charge in [-0.05, 0) is 25.7 Å². The second-order valence-corrected chi connectivity index (χ2v) is 10.5. The molecule has 2 unspecified atom stereocenters. The summed E-state index contributed by atoms with van der Waals surface area (Å²) in [5.74, 6) is 1.13. The zero-order valence-corrected chi connectivity index (χ0v) is 10.3. The standard InChI is InChI=1S/C12H24P/c1-10-9-12(13(10,2)3)11-7-5-4-6-8-11/h10-12H,4-9H2,1-3H3/q+1. The highest BCUT2D eigenvalue weighted by Crippen LogP contribution is 2.74. The van der Waals surface area contributed by atoms with Crippen molar-refractivity contribution in [1.82, 2.24) is 0 Å². The number of rotatable bonds is 1. The fourth-order valence-electron chi connectivity index (χ4n) is 3.34. The van der Waals surface area contributed by atoms with E-state index in [1.165, 1.54) is 24.9 Å². The van der Waals surface area contributed by atoms with Gasteiger partial charge in [-0.1, -0.05) is 19.3 Å². The van der Waals surface area contributed by atoms with Crippen molar-refractivity contribution in [2.75, 3.05) is 13.3 Å². The normalized spacial score (nSPS) is 39.9. The molecule has 2 rings (SSSR count). The van der Waals surface area contributed by atoms with Gasteiger partial charge in [0.25, 0.3) is 0 Å². The third-order valence-electron chi connectivity index (χ3n) is 4.77. The van der Waals surface area contributed by atoms with Crippen molar-refractivity contribution in [2.45, 2.75) is 56.8 Å². The summed E-state index contributed by atoms with van der Waals surface area (Å²) < 4.78 is 0. The lowest BCUT2D eigenvalue weighted by Crippen LogP contribution is -2.40. The van der Waals surface area contributed by atoms with E-state index >= 15 is 0 Å². The minimum atomic E-state index is -0.486. The summed E-state index contributed by atoms with van der Waals surface area (Å²) in [5.41, 5.74) is 2.25. The highest BCUT2D eigenvalue weighted by Gasteiger charge is 2.55. The third-order valence-corrected chi connectivity index (χ3v) is 9.59. The van der Waals surface area contributed by atoms with E-state index in [4.69, 9.17) is 0 Å². The Morgan fingerprint density at radius 3 is 2.08 bits per heavy atom. The SMILES string of the molecule is CC1CC(C2CCCCC2)[P+]1(C)C. The van der Waals surface area contributed by atoms with E-state index in [2.05, 4.69) is 20.3 Å². The molecule has 0 bridgehead atoms. The van der Waals surface area contributed by atoms with Crippen molar-refractivity contribution >= 4 is 7.26 Å². The predicted molar refractivity (Wildman–Crippen MR) is 63.2 cm³/mol. The molecule has 2 atom stereocenters. The van der Waals surface area contributed by atoms with E-state index in [0.717, 1.165) is 11.6 Å². The number of hydrogen-bond donors (Lipinski definition) is 0. The van der Waals surface area contributed by atoms with Crippen molar-refractivity contribution in [3.8, 4) is 0 Å². The van der Waals surface area contributed by atoms with Crippen LogP contribution in [0.5, 0.6) is 0 Å². The van der Waals surface area contributed by atoms with Gasteiger partial charge in [-0.2, -0.15) is 0 Å². The summed E-state index contributed by atoms with van der Waals surface area (Å²) in [4.78, 5) is 0. The first kappa shape index (κ1) is 9.97. The Balaban J connectivity index is 1.94. The molecule has 1 aliphatic carbocycles. The molecule has 0 amide bonds. The van der Waals surface area contributed by atoms with Gasteiger partial charge in [0.05, 0.1) is 11.3 Å². The molecule has 1 aliphatic heterocycles. The first-order chi connectivity index (χ1) is 6.12. The molecule has 0 spiro atoms. The molecule has 0 aromatic rings. The van der Waals surface area contributed by atoms with Gasteiger partial charge in [0.2, 0.25) is 0 Å². The predicted octanol–water partition coefficient (Wildman–Crippen LogP) is 4.00. The Kier molecular flexibility index (Phi) is 2.71. The number of hydrogen-bond acceptors (Lipinski definition) is 0. The smallest absolute Gasteiger partial charge is 0.0533 e. The van der Waals surface area contributed by atoms with Crippen LogP contribution in [-0.4, -0.2) is 24.6 Å². The maximum Gasteiger partial charge on any atom is 0.0760 e. The minimum absolute atomic E-state index is 0.486. The van der Waals surface area contributed by atoms with Crippen LogP contribution in [-0.2, 0) is 0 Å². The van der Waals surface area contributed by atoms with Crippen LogP contribution in [0, 0.1) is 5.92 Å². The van der Waals surface area contributed by atoms with E-state index in [1.54, 1.807) is 19.3 Å². The average Bonchev–Trinajstić information content (AvgIpc) is 2.15. The van der Waals surface area contributed by atoms with E-state index in [0.29, 0.717) is 0 Å². The van der Waals surface area contributed by atoms with Gasteiger partial charge in [0.1, 0.15) is 0 Å². The Labute approximate surface area is 83.8 Å². The molecule has 1 heterocycles. The lowest BCUT2D eigenvalue weighted by molar-refractivity contribution is 0.322. The minimum Gasteiger partial charge on any atom is -0.0533 e. The summed E-state index contributed by atoms with van der Waals surface area (Å²) in [6.45, 7) is 7.67. The molecular weight excluding hydrogens is 175 g/mol. The van der Waals surface area contributed by atoms with Crippen LogP contribution in [0.25, 0.3) is 0 Å². The van der Waals surface area contributed by atoms with Gasteiger partial charge in [-0.15, -0.1) is 0 Å². The van der Waals surface area contributed by atoms with Crippen LogP contribution in [0.2, 0.25) is 0 Å². The maximum atomic E-state index is 2.60. The van der Waals surface area contributed by atoms with Gasteiger partial charge in [0, 0.05) is 27.0 Å². The second-order valence-electron chi connectivity index (χ2n) is 5.68. The van der Waals surface area contributed by atoms with Gasteiger partial charge >= 0.3 is 0 Å². The summed E-state index contributed by atoms with van der Waals surface area (Å²) in [6, 6.07) is 0. The molecule has 2 aliphatic rings. The van der Waals surface area contributed by atoms with Crippen LogP contribution in [0.4, 0.5) is 0 Å². The highest BCUT2D eigenvalue weighted by molar-refractivity contribution is 7.77. The fourth-order valence-corrected chi connectivity index (χ4v) is 6.61. The second kappa shape index (κ2) is 3.54. The molecular formula is C12H24P+. The van der Waals surface area contributed by atoms with Crippen molar-refractivity contribution in [3.63, 3.8) is 0 Å². The highest BCUT2D eigenvalue weighted by atomic mass is 31.2. The monoisotopic (exact) mass is 199 g/mol. The lowest BCUT2D eigenvalue weighted by Gasteiger charge is -2.48. The average molecular weight is 199 g/mol. The molecule has 0 nitrogen and oxygen atoms in total. The first-order valence-electron chi connectivity index (χ1n) is 5.95. The molecule has 0 N–H and O–H groups in total. The van der Waals surface area contributed by atoms with Gasteiger partial charge in [0.15, 0.2) is 0 Å². The van der Waals surface area contributed by atoms with Crippen molar-refractivity contribution in [3.05, 3.63) is 0 Å². The lowest BCUT2D eigenvalue weighted by atomic mass is 9.85. The van der Waals surface area contributed by atoms with Gasteiger partial charge in [-0.25, -0.2) is 0 Å². The Morgan fingerprint density at radius 1 is 1.00 bits per heavy atom. The Morgan fingerprint density at radius 2 is 1.62 bits per heavy atom. The molecule has 76 valence electrons. The van der Waals surface area contributed by atoms with Crippen LogP contribution < -0.4 is 0 Å². The molecule has 0 radical (unpaired) electrons. The zero-order chi connectivity index (χ0) is 9.47. The molecule has 1 saturated carbocycles. The Bertz CT molecular complexity index is 180. The van der Waals surface area contributed by atoms with E-state index in [-0.39, 0.29) is 0 Å². The zero-order valence-electron chi connectivity index (χ0n) is 9.42. The van der Waals surface area contributed by atoms with Gasteiger partial charge < -0.3 is 0 Å². The van der Waals surface area contributed by atoms with E-state index in [9.17, 15) is 0 Å². The summed E-state index contributed by atoms with van der Waals surface area (Å²) in [7, 11) is -0.486. The van der Waals surface area contributed by atoms with Crippen LogP contribution in [0.1, 0.15) is 45.4 Å².